The van der Waals surface area contributed by atoms with Crippen molar-refractivity contribution >= 4 is 21.9 Å². The molecular weight excluding hydrogens is 533 g/mol. The van der Waals surface area contributed by atoms with E-state index in [0.717, 1.165) is 17.7 Å². The number of alkyl halides is 3. The molecule has 0 radical (unpaired) electrons. The van der Waals surface area contributed by atoms with Gasteiger partial charge in [0, 0.05) is 41.3 Å². The van der Waals surface area contributed by atoms with Crippen molar-refractivity contribution in [1.29, 1.82) is 0 Å². The first-order valence-electron chi connectivity index (χ1n) is 9.34. The number of rotatable bonds is 5. The maximum Gasteiger partial charge on any atom is 0.490 e. The molecule has 1 N–H and O–H groups in total. The summed E-state index contributed by atoms with van der Waals surface area (Å²) in [5.74, 6) is -3.17. The van der Waals surface area contributed by atoms with E-state index in [1.807, 2.05) is 0 Å². The van der Waals surface area contributed by atoms with Gasteiger partial charge in [-0.05, 0) is 41.9 Å². The second kappa shape index (κ2) is 11.2. The van der Waals surface area contributed by atoms with E-state index in [2.05, 4.69) is 25.9 Å². The Bertz CT molecular complexity index is 1230. The molecule has 0 unspecified atom stereocenters. The highest BCUT2D eigenvalue weighted by atomic mass is 79.9. The Morgan fingerprint density at radius 3 is 2.26 bits per heavy atom. The Kier molecular flexibility index (Phi) is 8.85. The summed E-state index contributed by atoms with van der Waals surface area (Å²) >= 11 is 3.25. The van der Waals surface area contributed by atoms with Crippen LogP contribution in [0.4, 0.5) is 22.0 Å². The first-order chi connectivity index (χ1) is 15.8. The van der Waals surface area contributed by atoms with Crippen LogP contribution in [-0.4, -0.2) is 31.8 Å². The van der Waals surface area contributed by atoms with E-state index in [9.17, 15) is 26.7 Å². The Morgan fingerprint density at radius 2 is 1.74 bits per heavy atom. The van der Waals surface area contributed by atoms with Crippen molar-refractivity contribution < 1.29 is 36.6 Å². The van der Waals surface area contributed by atoms with Gasteiger partial charge in [-0.15, -0.1) is 0 Å². The van der Waals surface area contributed by atoms with Gasteiger partial charge in [0.15, 0.2) is 0 Å². The molecule has 3 rings (SSSR count). The molecule has 3 aromatic rings. The van der Waals surface area contributed by atoms with E-state index in [1.54, 1.807) is 36.9 Å². The van der Waals surface area contributed by atoms with E-state index >= 15 is 0 Å². The molecule has 0 saturated carbocycles. The maximum atomic E-state index is 13.7. The van der Waals surface area contributed by atoms with Crippen molar-refractivity contribution in [3.63, 3.8) is 0 Å². The maximum absolute atomic E-state index is 13.7. The average molecular weight is 550 g/mol. The summed E-state index contributed by atoms with van der Waals surface area (Å²) in [7, 11) is 0. The van der Waals surface area contributed by atoms with Crippen LogP contribution in [-0.2, 0) is 17.9 Å². The summed E-state index contributed by atoms with van der Waals surface area (Å²) in [6, 6.07) is 4.94. The summed E-state index contributed by atoms with van der Waals surface area (Å²) in [6.45, 7) is 3.75. The van der Waals surface area contributed by atoms with Gasteiger partial charge in [-0.25, -0.2) is 23.5 Å². The van der Waals surface area contributed by atoms with E-state index < -0.39 is 23.8 Å². The third-order valence-electron chi connectivity index (χ3n) is 4.23. The standard InChI is InChI=1S/C19H16BrF2N3O2.C2HF3O2/c1-11-5-17(27-10-14-3-4-15(21)6-16(14)22)18(20)19(26)25(11)9-13-7-23-12(2)24-8-13;3-2(4,5)1(6)7/h3-8H,9-10H2,1-2H3;(H,6,7). The zero-order valence-electron chi connectivity index (χ0n) is 17.7. The van der Waals surface area contributed by atoms with Crippen LogP contribution in [0.15, 0.2) is 45.9 Å². The number of hydrogen-bond donors (Lipinski definition) is 1. The summed E-state index contributed by atoms with van der Waals surface area (Å²) in [4.78, 5) is 29.8. The minimum absolute atomic E-state index is 0.126. The predicted molar refractivity (Wildman–Crippen MR) is 113 cm³/mol. The van der Waals surface area contributed by atoms with Gasteiger partial charge in [0.1, 0.15) is 34.3 Å². The number of hydrogen-bond acceptors (Lipinski definition) is 5. The first kappa shape index (κ1) is 26.9. The molecule has 182 valence electrons. The lowest BCUT2D eigenvalue weighted by molar-refractivity contribution is -0.192. The van der Waals surface area contributed by atoms with E-state index in [1.165, 1.54) is 6.07 Å². The van der Waals surface area contributed by atoms with E-state index in [-0.39, 0.29) is 28.0 Å². The molecule has 2 heterocycles. The van der Waals surface area contributed by atoms with Crippen LogP contribution in [0.1, 0.15) is 22.6 Å². The molecule has 0 fully saturated rings. The van der Waals surface area contributed by atoms with Crippen molar-refractivity contribution in [1.82, 2.24) is 14.5 Å². The molecule has 13 heteroatoms. The van der Waals surface area contributed by atoms with Gasteiger partial charge in [-0.1, -0.05) is 0 Å². The quantitative estimate of drug-likeness (QED) is 0.469. The number of aromatic nitrogens is 3. The Labute approximate surface area is 198 Å². The number of carboxylic acids is 1. The minimum atomic E-state index is -5.08. The molecule has 2 aromatic heterocycles. The first-order valence-corrected chi connectivity index (χ1v) is 10.1. The van der Waals surface area contributed by atoms with Crippen molar-refractivity contribution in [3.05, 3.63) is 85.8 Å². The fourth-order valence-electron chi connectivity index (χ4n) is 2.49. The number of aryl methyl sites for hydroxylation is 2. The number of ether oxygens (including phenoxy) is 1. The number of carbonyl (C=O) groups is 1. The molecule has 0 bridgehead atoms. The van der Waals surface area contributed by atoms with Crippen LogP contribution in [0.2, 0.25) is 0 Å². The normalized spacial score (nSPS) is 10.9. The van der Waals surface area contributed by atoms with Crippen LogP contribution in [0.25, 0.3) is 0 Å². The van der Waals surface area contributed by atoms with E-state index in [4.69, 9.17) is 14.6 Å². The SMILES string of the molecule is Cc1ncc(Cn2c(C)cc(OCc3ccc(F)cc3F)c(Br)c2=O)cn1.O=C(O)C(F)(F)F. The lowest BCUT2D eigenvalue weighted by atomic mass is 10.2. The number of carboxylic acid groups (broad SMARTS) is 1. The molecule has 0 saturated heterocycles. The second-order valence-corrected chi connectivity index (χ2v) is 7.61. The number of aliphatic carboxylic acids is 1. The zero-order chi connectivity index (χ0) is 25.6. The smallest absolute Gasteiger partial charge is 0.487 e. The average Bonchev–Trinajstić information content (AvgIpc) is 2.75. The predicted octanol–water partition coefficient (Wildman–Crippen LogP) is 4.56. The Balaban J connectivity index is 0.000000509. The van der Waals surface area contributed by atoms with E-state index in [0.29, 0.717) is 18.1 Å². The molecule has 0 aliphatic heterocycles. The number of benzene rings is 1. The van der Waals surface area contributed by atoms with Gasteiger partial charge >= 0.3 is 12.1 Å². The minimum Gasteiger partial charge on any atom is -0.487 e. The molecule has 1 aromatic carbocycles. The number of pyridine rings is 1. The van der Waals surface area contributed by atoms with Gasteiger partial charge in [0.2, 0.25) is 0 Å². The second-order valence-electron chi connectivity index (χ2n) is 6.82. The third-order valence-corrected chi connectivity index (χ3v) is 4.96. The van der Waals surface area contributed by atoms with Crippen molar-refractivity contribution in [2.75, 3.05) is 0 Å². The van der Waals surface area contributed by atoms with Gasteiger partial charge in [-0.2, -0.15) is 13.2 Å². The third kappa shape index (κ3) is 7.33. The van der Waals surface area contributed by atoms with Crippen LogP contribution in [0.3, 0.4) is 0 Å². The van der Waals surface area contributed by atoms with Crippen LogP contribution in [0.5, 0.6) is 5.75 Å². The van der Waals surface area contributed by atoms with Gasteiger partial charge in [0.05, 0.1) is 6.54 Å². The molecule has 0 aliphatic carbocycles. The molecule has 0 atom stereocenters. The highest BCUT2D eigenvalue weighted by Crippen LogP contribution is 2.24. The molecular formula is C21H17BrF5N3O4. The largest absolute Gasteiger partial charge is 0.490 e. The number of halogens is 6. The summed E-state index contributed by atoms with van der Waals surface area (Å²) in [6.07, 6.45) is -1.74. The van der Waals surface area contributed by atoms with Crippen molar-refractivity contribution in [3.8, 4) is 5.75 Å². The topological polar surface area (TPSA) is 94.3 Å². The summed E-state index contributed by atoms with van der Waals surface area (Å²) in [5.41, 5.74) is 1.37. The van der Waals surface area contributed by atoms with Crippen LogP contribution in [0, 0.1) is 25.5 Å². The molecule has 0 spiro atoms. The summed E-state index contributed by atoms with van der Waals surface area (Å²) < 4.78 is 65.8. The van der Waals surface area contributed by atoms with Gasteiger partial charge in [0.25, 0.3) is 5.56 Å². The molecule has 0 aliphatic rings. The fraction of sp³-hybridized carbons (Fsp3) is 0.238. The highest BCUT2D eigenvalue weighted by Gasteiger charge is 2.38. The fourth-order valence-corrected chi connectivity index (χ4v) is 2.94. The Hall–Kier alpha value is -3.35. The summed E-state index contributed by atoms with van der Waals surface area (Å²) in [5, 5.41) is 7.12. The van der Waals surface area contributed by atoms with Crippen molar-refractivity contribution in [2.45, 2.75) is 33.2 Å². The van der Waals surface area contributed by atoms with Crippen LogP contribution >= 0.6 is 15.9 Å². The van der Waals surface area contributed by atoms with Gasteiger partial charge < -0.3 is 14.4 Å². The lowest BCUT2D eigenvalue weighted by Crippen LogP contribution is -2.24. The van der Waals surface area contributed by atoms with Crippen LogP contribution < -0.4 is 10.3 Å². The monoisotopic (exact) mass is 549 g/mol. The zero-order valence-corrected chi connectivity index (χ0v) is 19.2. The molecule has 34 heavy (non-hydrogen) atoms. The Morgan fingerprint density at radius 1 is 1.15 bits per heavy atom. The molecule has 0 amide bonds. The van der Waals surface area contributed by atoms with Gasteiger partial charge in [-0.3, -0.25) is 4.79 Å². The number of nitrogens with zero attached hydrogens (tertiary/aromatic N) is 3. The highest BCUT2D eigenvalue weighted by molar-refractivity contribution is 9.10. The molecule has 7 nitrogen and oxygen atoms in total. The lowest BCUT2D eigenvalue weighted by Gasteiger charge is -2.14. The van der Waals surface area contributed by atoms with Crippen molar-refractivity contribution in [2.24, 2.45) is 0 Å².